The summed E-state index contributed by atoms with van der Waals surface area (Å²) in [4.78, 5) is 18.0. The highest BCUT2D eigenvalue weighted by molar-refractivity contribution is 5.83. The SMILES string of the molecule is O=c1oc2ccccc2n1CCCN1CCC(c2c[nH]c3ccccc23)CC1. The first-order chi connectivity index (χ1) is 13.8. The van der Waals surface area contributed by atoms with Gasteiger partial charge in [-0.3, -0.25) is 4.57 Å². The summed E-state index contributed by atoms with van der Waals surface area (Å²) in [6, 6.07) is 16.2. The summed E-state index contributed by atoms with van der Waals surface area (Å²) < 4.78 is 7.08. The third kappa shape index (κ3) is 3.16. The minimum atomic E-state index is -0.251. The van der Waals surface area contributed by atoms with E-state index in [1.165, 1.54) is 29.3 Å². The molecule has 0 saturated carbocycles. The maximum absolute atomic E-state index is 12.1. The monoisotopic (exact) mass is 375 g/mol. The highest BCUT2D eigenvalue weighted by atomic mass is 16.4. The molecule has 4 aromatic rings. The third-order valence-corrected chi connectivity index (χ3v) is 6.08. The normalized spacial score (nSPS) is 16.3. The molecule has 0 spiro atoms. The topological polar surface area (TPSA) is 54.2 Å². The molecule has 1 aliphatic rings. The number of nitrogens with zero attached hydrogens (tertiary/aromatic N) is 2. The van der Waals surface area contributed by atoms with Crippen LogP contribution in [0.2, 0.25) is 0 Å². The number of fused-ring (bicyclic) bond motifs is 2. The summed E-state index contributed by atoms with van der Waals surface area (Å²) in [7, 11) is 0. The number of rotatable bonds is 5. The van der Waals surface area contributed by atoms with Gasteiger partial charge >= 0.3 is 5.76 Å². The van der Waals surface area contributed by atoms with Crippen LogP contribution in [-0.2, 0) is 6.54 Å². The molecular weight excluding hydrogens is 350 g/mol. The van der Waals surface area contributed by atoms with Crippen LogP contribution >= 0.6 is 0 Å². The van der Waals surface area contributed by atoms with Gasteiger partial charge < -0.3 is 14.3 Å². The summed E-state index contributed by atoms with van der Waals surface area (Å²) >= 11 is 0. The van der Waals surface area contributed by atoms with Gasteiger partial charge in [0.2, 0.25) is 0 Å². The molecule has 0 radical (unpaired) electrons. The molecule has 3 heterocycles. The number of H-pyrrole nitrogens is 1. The highest BCUT2D eigenvalue weighted by Gasteiger charge is 2.22. The van der Waals surface area contributed by atoms with E-state index in [1.807, 2.05) is 24.3 Å². The molecule has 2 aromatic carbocycles. The van der Waals surface area contributed by atoms with Crippen LogP contribution in [0, 0.1) is 0 Å². The molecule has 1 fully saturated rings. The number of para-hydroxylation sites is 3. The largest absolute Gasteiger partial charge is 0.419 e. The van der Waals surface area contributed by atoms with Gasteiger partial charge in [-0.05, 0) is 68.6 Å². The zero-order valence-corrected chi connectivity index (χ0v) is 15.9. The number of aryl methyl sites for hydroxylation is 1. The second kappa shape index (κ2) is 7.32. The molecule has 1 aliphatic heterocycles. The van der Waals surface area contributed by atoms with Crippen molar-refractivity contribution >= 4 is 22.0 Å². The van der Waals surface area contributed by atoms with Crippen molar-refractivity contribution in [2.24, 2.45) is 0 Å². The van der Waals surface area contributed by atoms with E-state index in [0.717, 1.165) is 31.6 Å². The van der Waals surface area contributed by atoms with Crippen LogP contribution in [0.15, 0.2) is 63.9 Å². The number of piperidine rings is 1. The van der Waals surface area contributed by atoms with E-state index in [-0.39, 0.29) is 5.76 Å². The second-order valence-corrected chi connectivity index (χ2v) is 7.75. The Labute approximate surface area is 163 Å². The number of hydrogen-bond donors (Lipinski definition) is 1. The first kappa shape index (κ1) is 17.3. The van der Waals surface area contributed by atoms with Crippen molar-refractivity contribution in [2.75, 3.05) is 19.6 Å². The smallest absolute Gasteiger partial charge is 0.408 e. The maximum atomic E-state index is 12.1. The minimum absolute atomic E-state index is 0.251. The summed E-state index contributed by atoms with van der Waals surface area (Å²) in [5.41, 5.74) is 4.27. The van der Waals surface area contributed by atoms with Crippen LogP contribution in [0.25, 0.3) is 22.0 Å². The van der Waals surface area contributed by atoms with Crippen LogP contribution in [0.5, 0.6) is 0 Å². The van der Waals surface area contributed by atoms with Gasteiger partial charge in [0.15, 0.2) is 5.58 Å². The first-order valence-corrected chi connectivity index (χ1v) is 10.2. The van der Waals surface area contributed by atoms with Crippen LogP contribution < -0.4 is 5.76 Å². The molecule has 2 aromatic heterocycles. The van der Waals surface area contributed by atoms with Gasteiger partial charge in [-0.1, -0.05) is 30.3 Å². The number of nitrogens with one attached hydrogen (secondary N) is 1. The van der Waals surface area contributed by atoms with Gasteiger partial charge in [-0.25, -0.2) is 4.79 Å². The number of likely N-dealkylation sites (tertiary alicyclic amines) is 1. The van der Waals surface area contributed by atoms with Gasteiger partial charge in [-0.2, -0.15) is 0 Å². The minimum Gasteiger partial charge on any atom is -0.408 e. The Balaban J connectivity index is 1.18. The molecule has 5 heteroatoms. The zero-order chi connectivity index (χ0) is 18.9. The van der Waals surface area contributed by atoms with Crippen molar-refractivity contribution in [3.8, 4) is 0 Å². The van der Waals surface area contributed by atoms with Crippen molar-refractivity contribution in [3.05, 3.63) is 70.8 Å². The Bertz CT molecular complexity index is 1150. The van der Waals surface area contributed by atoms with E-state index in [4.69, 9.17) is 4.42 Å². The Morgan fingerprint density at radius 3 is 2.68 bits per heavy atom. The fourth-order valence-corrected chi connectivity index (χ4v) is 4.58. The molecule has 0 unspecified atom stereocenters. The lowest BCUT2D eigenvalue weighted by Crippen LogP contribution is -2.34. The van der Waals surface area contributed by atoms with Gasteiger partial charge in [0.05, 0.1) is 5.52 Å². The van der Waals surface area contributed by atoms with Crippen molar-refractivity contribution in [2.45, 2.75) is 31.7 Å². The Morgan fingerprint density at radius 1 is 1.00 bits per heavy atom. The average molecular weight is 375 g/mol. The Kier molecular flexibility index (Phi) is 4.53. The standard InChI is InChI=1S/C23H25N3O2/c27-23-26(21-8-3-4-9-22(21)28-23)13-5-12-25-14-10-17(11-15-25)19-16-24-20-7-2-1-6-18(19)20/h1-4,6-9,16-17,24H,5,10-15H2. The quantitative estimate of drug-likeness (QED) is 0.564. The molecule has 0 aliphatic carbocycles. The number of hydrogen-bond acceptors (Lipinski definition) is 3. The zero-order valence-electron chi connectivity index (χ0n) is 15.9. The van der Waals surface area contributed by atoms with E-state index >= 15 is 0 Å². The van der Waals surface area contributed by atoms with Crippen LogP contribution in [0.4, 0.5) is 0 Å². The summed E-state index contributed by atoms with van der Waals surface area (Å²) in [5, 5.41) is 1.37. The molecule has 1 N–H and O–H groups in total. The predicted molar refractivity (Wildman–Crippen MR) is 112 cm³/mol. The van der Waals surface area contributed by atoms with Gasteiger partial charge in [0, 0.05) is 23.6 Å². The summed E-state index contributed by atoms with van der Waals surface area (Å²) in [6.45, 7) is 3.96. The lowest BCUT2D eigenvalue weighted by molar-refractivity contribution is 0.207. The number of aromatic nitrogens is 2. The number of benzene rings is 2. The Hall–Kier alpha value is -2.79. The fraction of sp³-hybridized carbons (Fsp3) is 0.348. The molecule has 5 rings (SSSR count). The molecular formula is C23H25N3O2. The fourth-order valence-electron chi connectivity index (χ4n) is 4.58. The summed E-state index contributed by atoms with van der Waals surface area (Å²) in [6.07, 6.45) is 5.54. The van der Waals surface area contributed by atoms with Gasteiger partial charge in [0.25, 0.3) is 0 Å². The van der Waals surface area contributed by atoms with Gasteiger partial charge in [-0.15, -0.1) is 0 Å². The lowest BCUT2D eigenvalue weighted by atomic mass is 9.89. The van der Waals surface area contributed by atoms with Crippen molar-refractivity contribution in [1.82, 2.24) is 14.5 Å². The molecule has 0 atom stereocenters. The first-order valence-electron chi connectivity index (χ1n) is 10.2. The molecule has 1 saturated heterocycles. The third-order valence-electron chi connectivity index (χ3n) is 6.08. The second-order valence-electron chi connectivity index (χ2n) is 7.75. The van der Waals surface area contributed by atoms with Crippen molar-refractivity contribution in [1.29, 1.82) is 0 Å². The van der Waals surface area contributed by atoms with Crippen molar-refractivity contribution in [3.63, 3.8) is 0 Å². The van der Waals surface area contributed by atoms with Crippen LogP contribution in [0.1, 0.15) is 30.7 Å². The highest BCUT2D eigenvalue weighted by Crippen LogP contribution is 2.33. The molecule has 5 nitrogen and oxygen atoms in total. The maximum Gasteiger partial charge on any atom is 0.419 e. The molecule has 144 valence electrons. The number of oxazole rings is 1. The molecule has 0 amide bonds. The van der Waals surface area contributed by atoms with Gasteiger partial charge in [0.1, 0.15) is 0 Å². The molecule has 28 heavy (non-hydrogen) atoms. The average Bonchev–Trinajstić information content (AvgIpc) is 3.30. The van der Waals surface area contributed by atoms with E-state index in [0.29, 0.717) is 18.0 Å². The van der Waals surface area contributed by atoms with E-state index in [2.05, 4.69) is 40.3 Å². The lowest BCUT2D eigenvalue weighted by Gasteiger charge is -2.32. The van der Waals surface area contributed by atoms with Crippen molar-refractivity contribution < 1.29 is 4.42 Å². The predicted octanol–water partition coefficient (Wildman–Crippen LogP) is 4.35. The van der Waals surface area contributed by atoms with E-state index < -0.39 is 0 Å². The van der Waals surface area contributed by atoms with E-state index in [1.54, 1.807) is 4.57 Å². The summed E-state index contributed by atoms with van der Waals surface area (Å²) in [5.74, 6) is 0.382. The Morgan fingerprint density at radius 2 is 1.79 bits per heavy atom. The van der Waals surface area contributed by atoms with Crippen LogP contribution in [0.3, 0.4) is 0 Å². The van der Waals surface area contributed by atoms with Crippen LogP contribution in [-0.4, -0.2) is 34.1 Å². The number of aromatic amines is 1. The molecule has 0 bridgehead atoms. The van der Waals surface area contributed by atoms with E-state index in [9.17, 15) is 4.79 Å².